The van der Waals surface area contributed by atoms with Gasteiger partial charge in [-0.15, -0.1) is 0 Å². The first-order valence-electron chi connectivity index (χ1n) is 8.56. The largest absolute Gasteiger partial charge is 0.433 e. The Balaban J connectivity index is 2.03. The Bertz CT molecular complexity index is 1210. The van der Waals surface area contributed by atoms with Gasteiger partial charge in [-0.05, 0) is 55.0 Å². The van der Waals surface area contributed by atoms with Gasteiger partial charge in [-0.2, -0.15) is 4.57 Å². The Morgan fingerprint density at radius 2 is 1.80 bits per heavy atom. The van der Waals surface area contributed by atoms with Crippen LogP contribution in [0.5, 0.6) is 11.6 Å². The van der Waals surface area contributed by atoms with Crippen molar-refractivity contribution in [2.24, 2.45) is 7.05 Å². The van der Waals surface area contributed by atoms with Gasteiger partial charge in [-0.3, -0.25) is 0 Å². The maximum absolute atomic E-state index is 6.28. The van der Waals surface area contributed by atoms with Crippen LogP contribution in [0.15, 0.2) is 42.5 Å². The summed E-state index contributed by atoms with van der Waals surface area (Å²) in [6, 6.07) is 14.8. The number of aromatic nitrogens is 2. The van der Waals surface area contributed by atoms with E-state index in [9.17, 15) is 0 Å². The van der Waals surface area contributed by atoms with Crippen LogP contribution in [0.3, 0.4) is 0 Å². The zero-order chi connectivity index (χ0) is 17.3. The molecule has 1 aromatic heterocycles. The average Bonchev–Trinajstić information content (AvgIpc) is 2.58. The summed E-state index contributed by atoms with van der Waals surface area (Å²) in [5, 5.41) is 2.42. The highest BCUT2D eigenvalue weighted by Gasteiger charge is 2.32. The lowest BCUT2D eigenvalue weighted by molar-refractivity contribution is -0.634. The summed E-state index contributed by atoms with van der Waals surface area (Å²) in [6.07, 6.45) is 0. The van der Waals surface area contributed by atoms with Crippen LogP contribution in [-0.4, -0.2) is 4.98 Å². The van der Waals surface area contributed by atoms with Crippen molar-refractivity contribution in [2.45, 2.75) is 20.8 Å². The lowest BCUT2D eigenvalue weighted by Crippen LogP contribution is -2.34. The monoisotopic (exact) mass is 327 g/mol. The van der Waals surface area contributed by atoms with Gasteiger partial charge in [0, 0.05) is 11.5 Å². The van der Waals surface area contributed by atoms with Gasteiger partial charge in [0.1, 0.15) is 18.3 Å². The van der Waals surface area contributed by atoms with Crippen molar-refractivity contribution in [2.75, 3.05) is 0 Å². The molecule has 0 radical (unpaired) electrons. The van der Waals surface area contributed by atoms with Crippen LogP contribution in [0.25, 0.3) is 33.1 Å². The van der Waals surface area contributed by atoms with Crippen LogP contribution in [-0.2, 0) is 7.05 Å². The Morgan fingerprint density at radius 1 is 1.00 bits per heavy atom. The van der Waals surface area contributed by atoms with E-state index < -0.39 is 0 Å². The quantitative estimate of drug-likeness (QED) is 0.378. The van der Waals surface area contributed by atoms with E-state index in [2.05, 4.69) is 62.7 Å². The molecule has 0 N–H and O–H groups in total. The number of hydrogen-bond donors (Lipinski definition) is 0. The predicted octanol–water partition coefficient (Wildman–Crippen LogP) is 4.91. The standard InChI is InChI=1S/C22H19N2O/c1-12-9-15-11-13(2)14(3)19-20(15)18(10-12)25-22-21(19)24(4)17-8-6-5-7-16(17)23-22/h5-11H,1-4H3/q+1. The van der Waals surface area contributed by atoms with Crippen LogP contribution < -0.4 is 9.30 Å². The molecule has 3 aromatic carbocycles. The van der Waals surface area contributed by atoms with E-state index >= 15 is 0 Å². The molecule has 4 aromatic rings. The van der Waals surface area contributed by atoms with Crippen molar-refractivity contribution >= 4 is 21.8 Å². The first kappa shape index (κ1) is 14.4. The van der Waals surface area contributed by atoms with Crippen LogP contribution in [0.4, 0.5) is 0 Å². The van der Waals surface area contributed by atoms with Gasteiger partial charge in [0.05, 0.1) is 5.56 Å². The van der Waals surface area contributed by atoms with Crippen LogP contribution in [0, 0.1) is 20.8 Å². The van der Waals surface area contributed by atoms with Gasteiger partial charge >= 0.3 is 0 Å². The highest BCUT2D eigenvalue weighted by molar-refractivity contribution is 6.05. The highest BCUT2D eigenvalue weighted by atomic mass is 16.5. The summed E-state index contributed by atoms with van der Waals surface area (Å²) in [5.41, 5.74) is 8.13. The van der Waals surface area contributed by atoms with Gasteiger partial charge in [-0.1, -0.05) is 24.3 Å². The van der Waals surface area contributed by atoms with Crippen molar-refractivity contribution in [3.05, 3.63) is 59.2 Å². The number of fused-ring (bicyclic) bond motifs is 3. The van der Waals surface area contributed by atoms with Crippen molar-refractivity contribution in [3.63, 3.8) is 0 Å². The number of rotatable bonds is 0. The van der Waals surface area contributed by atoms with E-state index in [1.165, 1.54) is 33.0 Å². The van der Waals surface area contributed by atoms with Gasteiger partial charge in [0.25, 0.3) is 11.6 Å². The number of benzene rings is 3. The second kappa shape index (κ2) is 4.79. The average molecular weight is 327 g/mol. The van der Waals surface area contributed by atoms with Crippen molar-refractivity contribution in [1.82, 2.24) is 4.98 Å². The molecule has 0 amide bonds. The number of para-hydroxylation sites is 2. The van der Waals surface area contributed by atoms with Crippen molar-refractivity contribution in [1.29, 1.82) is 0 Å². The topological polar surface area (TPSA) is 26.0 Å². The van der Waals surface area contributed by atoms with Crippen LogP contribution >= 0.6 is 0 Å². The normalized spacial score (nSPS) is 12.3. The SMILES string of the molecule is Cc1cc2c3c(c(C)c(C)cc3c1)-c1c(nc3ccccc3[n+]1C)O2. The summed E-state index contributed by atoms with van der Waals surface area (Å²) in [6.45, 7) is 6.48. The zero-order valence-corrected chi connectivity index (χ0v) is 14.8. The van der Waals surface area contributed by atoms with E-state index in [1.54, 1.807) is 0 Å². The first-order valence-corrected chi connectivity index (χ1v) is 8.56. The van der Waals surface area contributed by atoms with Crippen molar-refractivity contribution < 1.29 is 9.30 Å². The molecule has 0 atom stereocenters. The molecule has 0 bridgehead atoms. The number of ether oxygens (including phenoxy) is 1. The fourth-order valence-electron chi connectivity index (χ4n) is 3.98. The molecule has 0 unspecified atom stereocenters. The minimum atomic E-state index is 0.689. The molecule has 3 nitrogen and oxygen atoms in total. The highest BCUT2D eigenvalue weighted by Crippen LogP contribution is 2.47. The van der Waals surface area contributed by atoms with Crippen LogP contribution in [0.2, 0.25) is 0 Å². The molecule has 0 saturated heterocycles. The minimum absolute atomic E-state index is 0.689. The summed E-state index contributed by atoms with van der Waals surface area (Å²) >= 11 is 0. The van der Waals surface area contributed by atoms with E-state index in [1.807, 2.05) is 12.1 Å². The third kappa shape index (κ3) is 1.86. The molecule has 122 valence electrons. The van der Waals surface area contributed by atoms with E-state index in [-0.39, 0.29) is 0 Å². The molecular formula is C22H19N2O+. The maximum Gasteiger partial charge on any atom is 0.294 e. The van der Waals surface area contributed by atoms with Crippen LogP contribution in [0.1, 0.15) is 16.7 Å². The molecule has 1 aliphatic rings. The molecule has 0 aliphatic carbocycles. The maximum atomic E-state index is 6.28. The van der Waals surface area contributed by atoms with Gasteiger partial charge in [0.2, 0.25) is 5.52 Å². The summed E-state index contributed by atoms with van der Waals surface area (Å²) in [7, 11) is 2.10. The molecule has 3 heteroatoms. The molecule has 0 spiro atoms. The number of nitrogens with zero attached hydrogens (tertiary/aromatic N) is 2. The zero-order valence-electron chi connectivity index (χ0n) is 14.8. The minimum Gasteiger partial charge on any atom is -0.433 e. The Labute approximate surface area is 146 Å². The molecule has 1 aliphatic heterocycles. The molecule has 0 fully saturated rings. The van der Waals surface area contributed by atoms with Gasteiger partial charge in [0.15, 0.2) is 0 Å². The molecule has 25 heavy (non-hydrogen) atoms. The van der Waals surface area contributed by atoms with E-state index in [0.717, 1.165) is 22.5 Å². The van der Waals surface area contributed by atoms with Gasteiger partial charge in [-0.25, -0.2) is 4.98 Å². The molecule has 2 heterocycles. The Kier molecular flexibility index (Phi) is 2.76. The Hall–Kier alpha value is -2.94. The fraction of sp³-hybridized carbons (Fsp3) is 0.182. The van der Waals surface area contributed by atoms with Gasteiger partial charge < -0.3 is 4.74 Å². The lowest BCUT2D eigenvalue weighted by Gasteiger charge is -2.22. The number of aryl methyl sites for hydroxylation is 3. The first-order chi connectivity index (χ1) is 12.0. The summed E-state index contributed by atoms with van der Waals surface area (Å²) < 4.78 is 8.49. The summed E-state index contributed by atoms with van der Waals surface area (Å²) in [5.74, 6) is 1.60. The van der Waals surface area contributed by atoms with E-state index in [4.69, 9.17) is 9.72 Å². The molecule has 0 saturated carbocycles. The second-order valence-electron chi connectivity index (χ2n) is 6.97. The van der Waals surface area contributed by atoms with Crippen molar-refractivity contribution in [3.8, 4) is 22.9 Å². The molecule has 5 rings (SSSR count). The second-order valence-corrected chi connectivity index (χ2v) is 6.97. The fourth-order valence-corrected chi connectivity index (χ4v) is 3.98. The Morgan fingerprint density at radius 3 is 2.64 bits per heavy atom. The lowest BCUT2D eigenvalue weighted by atomic mass is 9.90. The summed E-state index contributed by atoms with van der Waals surface area (Å²) in [4.78, 5) is 4.82. The van der Waals surface area contributed by atoms with E-state index in [0.29, 0.717) is 5.88 Å². The number of hydrogen-bond acceptors (Lipinski definition) is 2. The molecular weight excluding hydrogens is 308 g/mol. The third-order valence-electron chi connectivity index (χ3n) is 5.31. The third-order valence-corrected chi connectivity index (χ3v) is 5.31. The smallest absolute Gasteiger partial charge is 0.294 e. The predicted molar refractivity (Wildman–Crippen MR) is 100 cm³/mol.